The monoisotopic (exact) mass is 185 g/mol. The van der Waals surface area contributed by atoms with E-state index < -0.39 is 11.6 Å². The third-order valence-corrected chi connectivity index (χ3v) is 0. The molecule has 0 saturated heterocycles. The number of nitrogens with zero attached hydrogens (tertiary/aromatic N) is 1. The van der Waals surface area contributed by atoms with Gasteiger partial charge in [0, 0.05) is 6.47 Å². The Labute approximate surface area is 136 Å². The van der Waals surface area contributed by atoms with Crippen LogP contribution in [0.25, 0.3) is 0 Å². The van der Waals surface area contributed by atoms with Gasteiger partial charge in [-0.1, -0.05) is 0 Å². The Morgan fingerprint density at radius 3 is 1.22 bits per heavy atom. The van der Waals surface area contributed by atoms with Gasteiger partial charge in [0.05, 0.1) is 5.09 Å². The van der Waals surface area contributed by atoms with E-state index in [1.807, 2.05) is 0 Å². The van der Waals surface area contributed by atoms with E-state index in [0.717, 1.165) is 0 Å². The standard InChI is InChI=1S/CH2O2.2K.NO3/c2-1-3;;;2-1(3)4/h1H,(H,2,3);;;/q;2*+1;-1/p-1. The second kappa shape index (κ2) is 22.5. The molecule has 0 aromatic heterocycles. The Morgan fingerprint density at radius 2 is 1.22 bits per heavy atom. The topological polar surface area (TPSA) is 106 Å². The van der Waals surface area contributed by atoms with E-state index in [-0.39, 0.29) is 103 Å². The zero-order valence-electron chi connectivity index (χ0n) is 5.07. The van der Waals surface area contributed by atoms with Crippen molar-refractivity contribution in [2.75, 3.05) is 0 Å². The number of carbonyl (C=O) groups excluding carboxylic acids is 1. The maximum Gasteiger partial charge on any atom is 1.00 e. The van der Waals surface area contributed by atoms with E-state index in [2.05, 4.69) is 0 Å². The fourth-order valence-electron chi connectivity index (χ4n) is 0. The van der Waals surface area contributed by atoms with Crippen molar-refractivity contribution in [2.24, 2.45) is 0 Å². The molecule has 0 amide bonds. The molecular formula is CHK2NO5. The third-order valence-electron chi connectivity index (χ3n) is 0. The summed E-state index contributed by atoms with van der Waals surface area (Å²) >= 11 is 0. The second-order valence-electron chi connectivity index (χ2n) is 0.320. The quantitative estimate of drug-likeness (QED) is 0.161. The first-order chi connectivity index (χ1) is 3.15. The predicted octanol–water partition coefficient (Wildman–Crippen LogP) is -7.86. The van der Waals surface area contributed by atoms with Gasteiger partial charge >= 0.3 is 103 Å². The van der Waals surface area contributed by atoms with Crippen LogP contribution in [0.4, 0.5) is 0 Å². The third kappa shape index (κ3) is 166. The van der Waals surface area contributed by atoms with Gasteiger partial charge in [-0.15, -0.1) is 0 Å². The second-order valence-corrected chi connectivity index (χ2v) is 0.320. The molecule has 0 aromatic rings. The van der Waals surface area contributed by atoms with Gasteiger partial charge in [-0.3, -0.25) is 0 Å². The molecule has 0 fully saturated rings. The van der Waals surface area contributed by atoms with Crippen molar-refractivity contribution >= 4 is 6.47 Å². The van der Waals surface area contributed by atoms with Gasteiger partial charge in [0.2, 0.25) is 0 Å². The largest absolute Gasteiger partial charge is 1.00 e. The van der Waals surface area contributed by atoms with Gasteiger partial charge in [0.1, 0.15) is 0 Å². The number of carboxylic acid groups (broad SMARTS) is 1. The predicted molar refractivity (Wildman–Crippen MR) is 16.4 cm³/mol. The van der Waals surface area contributed by atoms with Crippen molar-refractivity contribution in [1.82, 2.24) is 0 Å². The Kier molecular flexibility index (Phi) is 56.1. The summed E-state index contributed by atoms with van der Waals surface area (Å²) in [6.45, 7) is -0.500. The van der Waals surface area contributed by atoms with Crippen molar-refractivity contribution in [2.45, 2.75) is 0 Å². The average molecular weight is 185 g/mol. The van der Waals surface area contributed by atoms with Crippen LogP contribution in [0.5, 0.6) is 0 Å². The van der Waals surface area contributed by atoms with Crippen LogP contribution < -0.4 is 108 Å². The van der Waals surface area contributed by atoms with Gasteiger partial charge in [-0.25, -0.2) is 0 Å². The molecule has 0 heterocycles. The molecular weight excluding hydrogens is 184 g/mol. The smallest absolute Gasteiger partial charge is 0.554 e. The average Bonchev–Trinajstić information content (AvgIpc) is 1.33. The fourth-order valence-corrected chi connectivity index (χ4v) is 0. The summed E-state index contributed by atoms with van der Waals surface area (Å²) in [6, 6.07) is 0. The van der Waals surface area contributed by atoms with Crippen LogP contribution >= 0.6 is 0 Å². The molecule has 9 heavy (non-hydrogen) atoms. The molecule has 0 N–H and O–H groups in total. The Balaban J connectivity index is -0.0000000233. The van der Waals surface area contributed by atoms with E-state index in [1.54, 1.807) is 0 Å². The SMILES string of the molecule is O=C[O-].O=[N+]([O-])[O-].[K+].[K+]. The summed E-state index contributed by atoms with van der Waals surface area (Å²) in [5.74, 6) is 0. The number of hydrogen-bond donors (Lipinski definition) is 0. The first-order valence-electron chi connectivity index (χ1n) is 1.02. The minimum atomic E-state index is -1.75. The zero-order chi connectivity index (χ0) is 6.28. The fraction of sp³-hybridized carbons (Fsp3) is 0. The Morgan fingerprint density at radius 1 is 1.22 bits per heavy atom. The minimum absolute atomic E-state index is 0. The van der Waals surface area contributed by atoms with Gasteiger partial charge < -0.3 is 25.2 Å². The molecule has 0 atom stereocenters. The molecule has 0 aliphatic carbocycles. The molecule has 0 aliphatic heterocycles. The van der Waals surface area contributed by atoms with Gasteiger partial charge in [-0.2, -0.15) is 0 Å². The number of hydrogen-bond acceptors (Lipinski definition) is 5. The molecule has 0 spiro atoms. The maximum atomic E-state index is 8.25. The normalized spacial score (nSPS) is 4.00. The molecule has 0 radical (unpaired) electrons. The molecule has 0 aromatic carbocycles. The summed E-state index contributed by atoms with van der Waals surface area (Å²) in [4.78, 5) is 16.5. The number of rotatable bonds is 0. The van der Waals surface area contributed by atoms with Crippen LogP contribution in [0.15, 0.2) is 0 Å². The summed E-state index contributed by atoms with van der Waals surface area (Å²) in [5, 5.41) is 23.0. The Hall–Kier alpha value is 1.94. The van der Waals surface area contributed by atoms with Gasteiger partial charge in [0.15, 0.2) is 0 Å². The van der Waals surface area contributed by atoms with Crippen molar-refractivity contribution in [3.8, 4) is 0 Å². The van der Waals surface area contributed by atoms with Crippen LogP contribution in [0.3, 0.4) is 0 Å². The van der Waals surface area contributed by atoms with E-state index in [0.29, 0.717) is 0 Å². The first kappa shape index (κ1) is 22.4. The van der Waals surface area contributed by atoms with E-state index in [9.17, 15) is 0 Å². The van der Waals surface area contributed by atoms with E-state index in [4.69, 9.17) is 25.2 Å². The van der Waals surface area contributed by atoms with Crippen molar-refractivity contribution < 1.29 is 118 Å². The molecule has 0 saturated carbocycles. The molecule has 0 unspecified atom stereocenters. The van der Waals surface area contributed by atoms with Gasteiger partial charge in [-0.05, 0) is 0 Å². The minimum Gasteiger partial charge on any atom is -0.554 e. The molecule has 6 nitrogen and oxygen atoms in total. The van der Waals surface area contributed by atoms with Crippen molar-refractivity contribution in [3.63, 3.8) is 0 Å². The maximum absolute atomic E-state index is 8.25. The molecule has 0 aliphatic rings. The first-order valence-corrected chi connectivity index (χ1v) is 1.02. The van der Waals surface area contributed by atoms with E-state index in [1.165, 1.54) is 0 Å². The zero-order valence-corrected chi connectivity index (χ0v) is 11.3. The molecule has 0 bridgehead atoms. The van der Waals surface area contributed by atoms with Crippen molar-refractivity contribution in [3.05, 3.63) is 15.3 Å². The van der Waals surface area contributed by atoms with Crippen LogP contribution in [0, 0.1) is 15.3 Å². The summed E-state index contributed by atoms with van der Waals surface area (Å²) in [7, 11) is 0. The molecule has 0 rings (SSSR count). The summed E-state index contributed by atoms with van der Waals surface area (Å²) in [6.07, 6.45) is 0. The van der Waals surface area contributed by atoms with E-state index >= 15 is 0 Å². The summed E-state index contributed by atoms with van der Waals surface area (Å²) < 4.78 is 0. The van der Waals surface area contributed by atoms with Crippen LogP contribution in [0.2, 0.25) is 0 Å². The number of carbonyl (C=O) groups is 1. The van der Waals surface area contributed by atoms with Crippen LogP contribution in [-0.2, 0) is 4.79 Å². The van der Waals surface area contributed by atoms with Gasteiger partial charge in [0.25, 0.3) is 0 Å². The van der Waals surface area contributed by atoms with Crippen molar-refractivity contribution in [1.29, 1.82) is 0 Å². The van der Waals surface area contributed by atoms with Crippen LogP contribution in [-0.4, -0.2) is 11.6 Å². The van der Waals surface area contributed by atoms with Crippen LogP contribution in [0.1, 0.15) is 0 Å². The molecule has 42 valence electrons. The summed E-state index contributed by atoms with van der Waals surface area (Å²) in [5.41, 5.74) is 0. The molecule has 8 heteroatoms. The Bertz CT molecular complexity index is 62.0.